The summed E-state index contributed by atoms with van der Waals surface area (Å²) < 4.78 is 0. The van der Waals surface area contributed by atoms with Crippen LogP contribution < -0.4 is 5.32 Å². The van der Waals surface area contributed by atoms with Gasteiger partial charge in [0.15, 0.2) is 0 Å². The first-order chi connectivity index (χ1) is 9.29. The van der Waals surface area contributed by atoms with Crippen molar-refractivity contribution >= 4 is 0 Å². The van der Waals surface area contributed by atoms with E-state index in [0.29, 0.717) is 6.04 Å². The minimum atomic E-state index is 0.532. The minimum Gasteiger partial charge on any atom is -0.310 e. The monoisotopic (exact) mass is 259 g/mol. The van der Waals surface area contributed by atoms with Crippen LogP contribution in [0.15, 0.2) is 24.3 Å². The van der Waals surface area contributed by atoms with Crippen molar-refractivity contribution in [3.05, 3.63) is 35.4 Å². The van der Waals surface area contributed by atoms with Crippen LogP contribution in [0.2, 0.25) is 0 Å². The number of nitrogens with one attached hydrogen (secondary N) is 1. The molecule has 1 nitrogen and oxygen atoms in total. The van der Waals surface area contributed by atoms with Crippen molar-refractivity contribution < 1.29 is 0 Å². The molecule has 0 spiro atoms. The zero-order valence-corrected chi connectivity index (χ0v) is 12.6. The summed E-state index contributed by atoms with van der Waals surface area (Å²) in [6, 6.07) is 9.53. The number of benzene rings is 1. The first-order valence-electron chi connectivity index (χ1n) is 8.09. The lowest BCUT2D eigenvalue weighted by Crippen LogP contribution is -2.24. The Bertz CT molecular complexity index is 348. The SMILES string of the molecule is CCC(NCCC1CCCCC1)c1ccc(C)cc1. The van der Waals surface area contributed by atoms with E-state index in [1.165, 1.54) is 62.6 Å². The van der Waals surface area contributed by atoms with Gasteiger partial charge in [-0.1, -0.05) is 68.9 Å². The molecule has 1 N–H and O–H groups in total. The van der Waals surface area contributed by atoms with E-state index >= 15 is 0 Å². The molecule has 106 valence electrons. The van der Waals surface area contributed by atoms with Crippen LogP contribution in [0.3, 0.4) is 0 Å². The van der Waals surface area contributed by atoms with Gasteiger partial charge in [-0.3, -0.25) is 0 Å². The quantitative estimate of drug-likeness (QED) is 0.757. The van der Waals surface area contributed by atoms with Gasteiger partial charge in [0.2, 0.25) is 0 Å². The largest absolute Gasteiger partial charge is 0.310 e. The Balaban J connectivity index is 1.77. The van der Waals surface area contributed by atoms with Gasteiger partial charge in [0.1, 0.15) is 0 Å². The van der Waals surface area contributed by atoms with Crippen LogP contribution in [0.25, 0.3) is 0 Å². The molecule has 1 atom stereocenters. The van der Waals surface area contributed by atoms with E-state index in [1.54, 1.807) is 0 Å². The lowest BCUT2D eigenvalue weighted by atomic mass is 9.87. The van der Waals surface area contributed by atoms with Gasteiger partial charge < -0.3 is 5.32 Å². The molecule has 1 unspecified atom stereocenters. The van der Waals surface area contributed by atoms with Crippen molar-refractivity contribution in [1.29, 1.82) is 0 Å². The highest BCUT2D eigenvalue weighted by molar-refractivity contribution is 5.24. The standard InChI is InChI=1S/C18H29N/c1-3-18(17-11-9-15(2)10-12-17)19-14-13-16-7-5-4-6-8-16/h9-12,16,18-19H,3-8,13-14H2,1-2H3. The highest BCUT2D eigenvalue weighted by Crippen LogP contribution is 2.26. The molecule has 0 saturated heterocycles. The Labute approximate surface area is 118 Å². The van der Waals surface area contributed by atoms with Gasteiger partial charge >= 0.3 is 0 Å². The predicted octanol–water partition coefficient (Wildman–Crippen LogP) is 5.01. The summed E-state index contributed by atoms with van der Waals surface area (Å²) in [5, 5.41) is 3.75. The maximum atomic E-state index is 3.75. The summed E-state index contributed by atoms with van der Waals surface area (Å²) in [7, 11) is 0. The lowest BCUT2D eigenvalue weighted by Gasteiger charge is -2.23. The van der Waals surface area contributed by atoms with Crippen molar-refractivity contribution in [3.63, 3.8) is 0 Å². The van der Waals surface area contributed by atoms with Gasteiger partial charge in [0.25, 0.3) is 0 Å². The van der Waals surface area contributed by atoms with Crippen LogP contribution in [0.5, 0.6) is 0 Å². The molecule has 19 heavy (non-hydrogen) atoms. The van der Waals surface area contributed by atoms with Crippen molar-refractivity contribution in [1.82, 2.24) is 5.32 Å². The zero-order valence-electron chi connectivity index (χ0n) is 12.6. The fourth-order valence-electron chi connectivity index (χ4n) is 3.23. The predicted molar refractivity (Wildman–Crippen MR) is 83.4 cm³/mol. The Morgan fingerprint density at radius 2 is 1.79 bits per heavy atom. The van der Waals surface area contributed by atoms with Gasteiger partial charge in [-0.25, -0.2) is 0 Å². The average molecular weight is 259 g/mol. The van der Waals surface area contributed by atoms with Crippen LogP contribution >= 0.6 is 0 Å². The van der Waals surface area contributed by atoms with E-state index in [2.05, 4.69) is 43.4 Å². The van der Waals surface area contributed by atoms with Gasteiger partial charge in [-0.2, -0.15) is 0 Å². The van der Waals surface area contributed by atoms with Crippen LogP contribution in [-0.2, 0) is 0 Å². The maximum Gasteiger partial charge on any atom is 0.0317 e. The molecule has 0 heterocycles. The molecule has 0 amide bonds. The third-order valence-electron chi connectivity index (χ3n) is 4.56. The Morgan fingerprint density at radius 1 is 1.11 bits per heavy atom. The molecule has 1 aromatic carbocycles. The summed E-state index contributed by atoms with van der Waals surface area (Å²) in [4.78, 5) is 0. The second-order valence-electron chi connectivity index (χ2n) is 6.12. The first kappa shape index (κ1) is 14.6. The molecule has 1 aliphatic rings. The number of aryl methyl sites for hydroxylation is 1. The topological polar surface area (TPSA) is 12.0 Å². The van der Waals surface area contributed by atoms with Crippen molar-refractivity contribution in [2.24, 2.45) is 5.92 Å². The molecular weight excluding hydrogens is 230 g/mol. The normalized spacial score (nSPS) is 18.4. The van der Waals surface area contributed by atoms with E-state index in [1.807, 2.05) is 0 Å². The third kappa shape index (κ3) is 4.65. The van der Waals surface area contributed by atoms with E-state index in [-0.39, 0.29) is 0 Å². The molecule has 1 aromatic rings. The summed E-state index contributed by atoms with van der Waals surface area (Å²) >= 11 is 0. The number of hydrogen-bond donors (Lipinski definition) is 1. The molecule has 1 heteroatoms. The highest BCUT2D eigenvalue weighted by atomic mass is 14.9. The third-order valence-corrected chi connectivity index (χ3v) is 4.56. The molecule has 1 fully saturated rings. The minimum absolute atomic E-state index is 0.532. The molecule has 0 aliphatic heterocycles. The summed E-state index contributed by atoms with van der Waals surface area (Å²) in [5.74, 6) is 0.983. The van der Waals surface area contributed by atoms with Crippen LogP contribution in [0, 0.1) is 12.8 Å². The van der Waals surface area contributed by atoms with Crippen LogP contribution in [0.4, 0.5) is 0 Å². The fourth-order valence-corrected chi connectivity index (χ4v) is 3.23. The summed E-state index contributed by atoms with van der Waals surface area (Å²) in [6.45, 7) is 5.61. The van der Waals surface area contributed by atoms with Gasteiger partial charge in [-0.15, -0.1) is 0 Å². The molecular formula is C18H29N. The number of rotatable bonds is 6. The van der Waals surface area contributed by atoms with Gasteiger partial charge in [0, 0.05) is 6.04 Å². The zero-order chi connectivity index (χ0) is 13.5. The molecule has 0 radical (unpaired) electrons. The Hall–Kier alpha value is -0.820. The maximum absolute atomic E-state index is 3.75. The molecule has 1 saturated carbocycles. The summed E-state index contributed by atoms with van der Waals surface area (Å²) in [5.41, 5.74) is 2.79. The van der Waals surface area contributed by atoms with E-state index in [0.717, 1.165) is 5.92 Å². The van der Waals surface area contributed by atoms with Crippen LogP contribution in [-0.4, -0.2) is 6.54 Å². The van der Waals surface area contributed by atoms with Crippen molar-refractivity contribution in [2.75, 3.05) is 6.54 Å². The fraction of sp³-hybridized carbons (Fsp3) is 0.667. The van der Waals surface area contributed by atoms with Gasteiger partial charge in [0.05, 0.1) is 0 Å². The average Bonchev–Trinajstić information content (AvgIpc) is 2.46. The smallest absolute Gasteiger partial charge is 0.0317 e. The molecule has 1 aliphatic carbocycles. The molecule has 2 rings (SSSR count). The second-order valence-corrected chi connectivity index (χ2v) is 6.12. The second kappa shape index (κ2) is 7.69. The van der Waals surface area contributed by atoms with Crippen molar-refractivity contribution in [2.45, 2.75) is 64.8 Å². The van der Waals surface area contributed by atoms with E-state index in [9.17, 15) is 0 Å². The summed E-state index contributed by atoms with van der Waals surface area (Å²) in [6.07, 6.45) is 9.84. The number of hydrogen-bond acceptors (Lipinski definition) is 1. The van der Waals surface area contributed by atoms with Crippen LogP contribution in [0.1, 0.15) is 69.0 Å². The molecule has 0 bridgehead atoms. The first-order valence-corrected chi connectivity index (χ1v) is 8.09. The van der Waals surface area contributed by atoms with Crippen molar-refractivity contribution in [3.8, 4) is 0 Å². The van der Waals surface area contributed by atoms with E-state index < -0.39 is 0 Å². The highest BCUT2D eigenvalue weighted by Gasteiger charge is 2.14. The van der Waals surface area contributed by atoms with E-state index in [4.69, 9.17) is 0 Å². The Morgan fingerprint density at radius 3 is 2.42 bits per heavy atom. The molecule has 0 aromatic heterocycles. The van der Waals surface area contributed by atoms with Gasteiger partial charge in [-0.05, 0) is 37.8 Å². The Kier molecular flexibility index (Phi) is 5.91. The lowest BCUT2D eigenvalue weighted by molar-refractivity contribution is 0.327.